The number of rotatable bonds is 6. The molecule has 2 rings (SSSR count). The zero-order valence-corrected chi connectivity index (χ0v) is 14.7. The van der Waals surface area contributed by atoms with Crippen LogP contribution >= 0.6 is 0 Å². The van der Waals surface area contributed by atoms with Gasteiger partial charge < -0.3 is 15.2 Å². The van der Waals surface area contributed by atoms with E-state index in [0.29, 0.717) is 39.0 Å². The molecule has 24 heavy (non-hydrogen) atoms. The van der Waals surface area contributed by atoms with Crippen LogP contribution < -0.4 is 5.32 Å². The van der Waals surface area contributed by atoms with Crippen LogP contribution in [0.4, 0.5) is 0 Å². The SMILES string of the molecule is Cc1ccccc1C1(C(=O)NCCC(C)(C)C(=O)O)CCOCC1. The van der Waals surface area contributed by atoms with E-state index in [0.717, 1.165) is 11.1 Å². The van der Waals surface area contributed by atoms with Gasteiger partial charge in [-0.05, 0) is 51.2 Å². The summed E-state index contributed by atoms with van der Waals surface area (Å²) in [5.74, 6) is -0.877. The molecule has 0 radical (unpaired) electrons. The summed E-state index contributed by atoms with van der Waals surface area (Å²) in [5, 5.41) is 12.2. The quantitative estimate of drug-likeness (QED) is 0.839. The Hall–Kier alpha value is -1.88. The normalized spacial score (nSPS) is 17.3. The van der Waals surface area contributed by atoms with E-state index < -0.39 is 16.8 Å². The summed E-state index contributed by atoms with van der Waals surface area (Å²) < 4.78 is 5.47. The number of nitrogens with one attached hydrogen (secondary N) is 1. The van der Waals surface area contributed by atoms with Crippen molar-refractivity contribution in [1.82, 2.24) is 5.32 Å². The lowest BCUT2D eigenvalue weighted by Crippen LogP contribution is -2.49. The zero-order valence-electron chi connectivity index (χ0n) is 14.7. The molecule has 5 heteroatoms. The number of carbonyl (C=O) groups is 2. The van der Waals surface area contributed by atoms with Crippen LogP contribution in [0.25, 0.3) is 0 Å². The molecule has 0 saturated carbocycles. The average Bonchev–Trinajstić information content (AvgIpc) is 2.55. The van der Waals surface area contributed by atoms with Gasteiger partial charge in [-0.3, -0.25) is 9.59 Å². The number of aliphatic carboxylic acids is 1. The summed E-state index contributed by atoms with van der Waals surface area (Å²) in [6.45, 7) is 6.84. The molecule has 5 nitrogen and oxygen atoms in total. The number of hydrogen-bond acceptors (Lipinski definition) is 3. The molecule has 1 aromatic carbocycles. The molecule has 0 bridgehead atoms. The highest BCUT2D eigenvalue weighted by Gasteiger charge is 2.42. The summed E-state index contributed by atoms with van der Waals surface area (Å²) in [6.07, 6.45) is 1.69. The summed E-state index contributed by atoms with van der Waals surface area (Å²) in [7, 11) is 0. The molecular formula is C19H27NO4. The average molecular weight is 333 g/mol. The number of carbonyl (C=O) groups excluding carboxylic acids is 1. The standard InChI is InChI=1S/C19H27NO4/c1-14-6-4-5-7-15(14)19(9-12-24-13-10-19)16(21)20-11-8-18(2,3)17(22)23/h4-7H,8-13H2,1-3H3,(H,20,21)(H,22,23). The Labute approximate surface area is 143 Å². The van der Waals surface area contributed by atoms with Gasteiger partial charge >= 0.3 is 5.97 Å². The van der Waals surface area contributed by atoms with Crippen LogP contribution in [-0.4, -0.2) is 36.7 Å². The van der Waals surface area contributed by atoms with E-state index in [9.17, 15) is 14.7 Å². The second kappa shape index (κ2) is 7.34. The predicted octanol–water partition coefficient (Wildman–Crippen LogP) is 2.66. The van der Waals surface area contributed by atoms with Gasteiger partial charge in [0.05, 0.1) is 10.8 Å². The third-order valence-electron chi connectivity index (χ3n) is 5.06. The molecule has 1 saturated heterocycles. The first kappa shape index (κ1) is 18.5. The smallest absolute Gasteiger partial charge is 0.309 e. The predicted molar refractivity (Wildman–Crippen MR) is 92.0 cm³/mol. The van der Waals surface area contributed by atoms with Crippen molar-refractivity contribution in [2.45, 2.75) is 45.4 Å². The van der Waals surface area contributed by atoms with Gasteiger partial charge in [0, 0.05) is 19.8 Å². The van der Waals surface area contributed by atoms with Crippen molar-refractivity contribution in [3.63, 3.8) is 0 Å². The van der Waals surface area contributed by atoms with Gasteiger partial charge in [-0.1, -0.05) is 24.3 Å². The fourth-order valence-corrected chi connectivity index (χ4v) is 3.21. The molecule has 1 fully saturated rings. The summed E-state index contributed by atoms with van der Waals surface area (Å²) in [4.78, 5) is 24.2. The number of ether oxygens (including phenoxy) is 1. The molecule has 0 atom stereocenters. The van der Waals surface area contributed by atoms with Gasteiger partial charge in [-0.25, -0.2) is 0 Å². The van der Waals surface area contributed by atoms with Gasteiger partial charge in [0.2, 0.25) is 5.91 Å². The molecule has 2 N–H and O–H groups in total. The summed E-state index contributed by atoms with van der Waals surface area (Å²) in [5.41, 5.74) is 0.708. The minimum Gasteiger partial charge on any atom is -0.481 e. The fraction of sp³-hybridized carbons (Fsp3) is 0.579. The molecule has 1 amide bonds. The first-order chi connectivity index (χ1) is 11.3. The Morgan fingerprint density at radius 3 is 2.46 bits per heavy atom. The molecule has 1 aliphatic rings. The van der Waals surface area contributed by atoms with Crippen LogP contribution in [0.3, 0.4) is 0 Å². The van der Waals surface area contributed by atoms with Crippen molar-refractivity contribution in [3.05, 3.63) is 35.4 Å². The third kappa shape index (κ3) is 3.78. The van der Waals surface area contributed by atoms with E-state index >= 15 is 0 Å². The molecule has 1 aliphatic heterocycles. The topological polar surface area (TPSA) is 75.6 Å². The van der Waals surface area contributed by atoms with Crippen molar-refractivity contribution in [2.75, 3.05) is 19.8 Å². The van der Waals surface area contributed by atoms with Crippen molar-refractivity contribution < 1.29 is 19.4 Å². The monoisotopic (exact) mass is 333 g/mol. The molecule has 1 aromatic rings. The van der Waals surface area contributed by atoms with Crippen molar-refractivity contribution >= 4 is 11.9 Å². The van der Waals surface area contributed by atoms with Gasteiger partial charge in [0.1, 0.15) is 0 Å². The Morgan fingerprint density at radius 2 is 1.88 bits per heavy atom. The number of carboxylic acid groups (broad SMARTS) is 1. The number of amides is 1. The minimum atomic E-state index is -0.851. The van der Waals surface area contributed by atoms with Crippen LogP contribution in [0.15, 0.2) is 24.3 Å². The highest BCUT2D eigenvalue weighted by molar-refractivity contribution is 5.88. The first-order valence-electron chi connectivity index (χ1n) is 8.45. The van der Waals surface area contributed by atoms with Crippen molar-refractivity contribution in [3.8, 4) is 0 Å². The lowest BCUT2D eigenvalue weighted by molar-refractivity contribution is -0.147. The number of hydrogen-bond donors (Lipinski definition) is 2. The first-order valence-corrected chi connectivity index (χ1v) is 8.45. The lowest BCUT2D eigenvalue weighted by atomic mass is 9.71. The lowest BCUT2D eigenvalue weighted by Gasteiger charge is -2.37. The number of carboxylic acids is 1. The maximum atomic E-state index is 13.0. The van der Waals surface area contributed by atoms with Gasteiger partial charge in [-0.2, -0.15) is 0 Å². The van der Waals surface area contributed by atoms with E-state index in [2.05, 4.69) is 5.32 Å². The van der Waals surface area contributed by atoms with Gasteiger partial charge in [-0.15, -0.1) is 0 Å². The second-order valence-electron chi connectivity index (χ2n) is 7.20. The second-order valence-corrected chi connectivity index (χ2v) is 7.20. The van der Waals surface area contributed by atoms with Gasteiger partial charge in [0.15, 0.2) is 0 Å². The molecule has 0 aromatic heterocycles. The zero-order chi connectivity index (χ0) is 17.8. The molecule has 0 aliphatic carbocycles. The Morgan fingerprint density at radius 1 is 1.25 bits per heavy atom. The van der Waals surface area contributed by atoms with Crippen LogP contribution in [0, 0.1) is 12.3 Å². The van der Waals surface area contributed by atoms with E-state index in [1.807, 2.05) is 31.2 Å². The van der Waals surface area contributed by atoms with E-state index in [1.54, 1.807) is 13.8 Å². The van der Waals surface area contributed by atoms with Crippen molar-refractivity contribution in [2.24, 2.45) is 5.41 Å². The highest BCUT2D eigenvalue weighted by Crippen LogP contribution is 2.37. The van der Waals surface area contributed by atoms with Crippen LogP contribution in [-0.2, 0) is 19.7 Å². The van der Waals surface area contributed by atoms with E-state index in [-0.39, 0.29) is 5.91 Å². The Balaban J connectivity index is 2.15. The molecule has 132 valence electrons. The Kier molecular flexibility index (Phi) is 5.65. The number of aryl methyl sites for hydroxylation is 1. The Bertz CT molecular complexity index is 603. The largest absolute Gasteiger partial charge is 0.481 e. The van der Waals surface area contributed by atoms with E-state index in [4.69, 9.17) is 4.74 Å². The summed E-state index contributed by atoms with van der Waals surface area (Å²) >= 11 is 0. The fourth-order valence-electron chi connectivity index (χ4n) is 3.21. The maximum Gasteiger partial charge on any atom is 0.309 e. The molecule has 1 heterocycles. The van der Waals surface area contributed by atoms with Crippen molar-refractivity contribution in [1.29, 1.82) is 0 Å². The summed E-state index contributed by atoms with van der Waals surface area (Å²) in [6, 6.07) is 7.97. The van der Waals surface area contributed by atoms with Crippen LogP contribution in [0.2, 0.25) is 0 Å². The van der Waals surface area contributed by atoms with Gasteiger partial charge in [0.25, 0.3) is 0 Å². The maximum absolute atomic E-state index is 13.0. The van der Waals surface area contributed by atoms with Crippen LogP contribution in [0.5, 0.6) is 0 Å². The number of benzene rings is 1. The third-order valence-corrected chi connectivity index (χ3v) is 5.06. The molecular weight excluding hydrogens is 306 g/mol. The van der Waals surface area contributed by atoms with E-state index in [1.165, 1.54) is 0 Å². The minimum absolute atomic E-state index is 0.0266. The van der Waals surface area contributed by atoms with Crippen LogP contribution in [0.1, 0.15) is 44.2 Å². The highest BCUT2D eigenvalue weighted by atomic mass is 16.5. The molecule has 0 spiro atoms. The molecule has 0 unspecified atom stereocenters.